The summed E-state index contributed by atoms with van der Waals surface area (Å²) in [5.41, 5.74) is 3.65. The van der Waals surface area contributed by atoms with Crippen LogP contribution in [0.1, 0.15) is 45.4 Å². The summed E-state index contributed by atoms with van der Waals surface area (Å²) in [6, 6.07) is 9.90. The van der Waals surface area contributed by atoms with Gasteiger partial charge in [-0.05, 0) is 43.4 Å². The second-order valence-corrected chi connectivity index (χ2v) is 7.17. The number of ketones is 1. The fraction of sp³-hybridized carbons (Fsp3) is 0.316. The Balaban J connectivity index is 1.78. The molecule has 0 radical (unpaired) electrons. The highest BCUT2D eigenvalue weighted by Crippen LogP contribution is 2.33. The molecule has 0 saturated heterocycles. The van der Waals surface area contributed by atoms with Crippen molar-refractivity contribution in [1.82, 2.24) is 9.55 Å². The summed E-state index contributed by atoms with van der Waals surface area (Å²) < 4.78 is 1.86. The van der Waals surface area contributed by atoms with Crippen molar-refractivity contribution in [1.29, 1.82) is 5.26 Å². The van der Waals surface area contributed by atoms with Crippen molar-refractivity contribution in [3.05, 3.63) is 51.5 Å². The van der Waals surface area contributed by atoms with E-state index in [9.17, 15) is 10.1 Å². The lowest BCUT2D eigenvalue weighted by atomic mass is 9.90. The van der Waals surface area contributed by atoms with E-state index < -0.39 is 5.92 Å². The SMILES string of the molecule is Cn1c(C(C#N)C(=O)c2csc3c2CCCC3)nc2ccccc21. The van der Waals surface area contributed by atoms with E-state index in [0.717, 1.165) is 41.4 Å². The van der Waals surface area contributed by atoms with Crippen LogP contribution in [0.5, 0.6) is 0 Å². The average molecular weight is 335 g/mol. The zero-order chi connectivity index (χ0) is 16.7. The third-order valence-corrected chi connectivity index (χ3v) is 5.89. The molecule has 2 aromatic heterocycles. The quantitative estimate of drug-likeness (QED) is 0.680. The van der Waals surface area contributed by atoms with Crippen LogP contribution in [-0.4, -0.2) is 15.3 Å². The van der Waals surface area contributed by atoms with Gasteiger partial charge in [-0.25, -0.2) is 4.98 Å². The number of rotatable bonds is 3. The molecule has 5 heteroatoms. The van der Waals surface area contributed by atoms with Crippen LogP contribution in [0.25, 0.3) is 11.0 Å². The van der Waals surface area contributed by atoms with E-state index in [1.165, 1.54) is 11.3 Å². The van der Waals surface area contributed by atoms with E-state index in [-0.39, 0.29) is 5.78 Å². The van der Waals surface area contributed by atoms with Gasteiger partial charge in [0.25, 0.3) is 0 Å². The predicted octanol–water partition coefficient (Wildman–Crippen LogP) is 4.00. The van der Waals surface area contributed by atoms with E-state index in [1.807, 2.05) is 41.3 Å². The molecule has 1 aromatic carbocycles. The Bertz CT molecular complexity index is 976. The number of nitriles is 1. The van der Waals surface area contributed by atoms with Gasteiger partial charge in [0.2, 0.25) is 0 Å². The first kappa shape index (κ1) is 15.1. The average Bonchev–Trinajstić information content (AvgIpc) is 3.18. The molecule has 1 atom stereocenters. The van der Waals surface area contributed by atoms with Crippen LogP contribution in [-0.2, 0) is 19.9 Å². The van der Waals surface area contributed by atoms with Crippen molar-refractivity contribution in [2.45, 2.75) is 31.6 Å². The van der Waals surface area contributed by atoms with E-state index in [2.05, 4.69) is 11.1 Å². The maximum Gasteiger partial charge on any atom is 0.188 e. The van der Waals surface area contributed by atoms with Gasteiger partial charge in [0, 0.05) is 22.9 Å². The maximum absolute atomic E-state index is 13.1. The van der Waals surface area contributed by atoms with Crippen LogP contribution in [0.2, 0.25) is 0 Å². The maximum atomic E-state index is 13.1. The molecular weight excluding hydrogens is 318 g/mol. The van der Waals surface area contributed by atoms with Gasteiger partial charge in [-0.2, -0.15) is 5.26 Å². The number of fused-ring (bicyclic) bond motifs is 2. The number of Topliss-reactive ketones (excluding diaryl/α,β-unsaturated/α-hetero) is 1. The van der Waals surface area contributed by atoms with Gasteiger partial charge in [0.15, 0.2) is 11.7 Å². The monoisotopic (exact) mass is 335 g/mol. The predicted molar refractivity (Wildman–Crippen MR) is 94.4 cm³/mol. The van der Waals surface area contributed by atoms with Crippen LogP contribution in [0, 0.1) is 11.3 Å². The summed E-state index contributed by atoms with van der Waals surface area (Å²) >= 11 is 1.66. The van der Waals surface area contributed by atoms with Gasteiger partial charge in [0.1, 0.15) is 5.82 Å². The number of carbonyl (C=O) groups is 1. The molecular formula is C19H17N3OS. The molecule has 1 aliphatic rings. The van der Waals surface area contributed by atoms with E-state index in [0.29, 0.717) is 5.82 Å². The number of nitrogens with zero attached hydrogens (tertiary/aromatic N) is 3. The molecule has 0 N–H and O–H groups in total. The Morgan fingerprint density at radius 2 is 2.12 bits per heavy atom. The summed E-state index contributed by atoms with van der Waals surface area (Å²) in [6.45, 7) is 0. The minimum Gasteiger partial charge on any atom is -0.330 e. The van der Waals surface area contributed by atoms with E-state index in [1.54, 1.807) is 11.3 Å². The molecule has 1 unspecified atom stereocenters. The van der Waals surface area contributed by atoms with E-state index in [4.69, 9.17) is 0 Å². The molecule has 0 fully saturated rings. The van der Waals surface area contributed by atoms with Crippen LogP contribution in [0.15, 0.2) is 29.6 Å². The second kappa shape index (κ2) is 5.88. The highest BCUT2D eigenvalue weighted by Gasteiger charge is 2.30. The number of hydrogen-bond donors (Lipinski definition) is 0. The fourth-order valence-electron chi connectivity index (χ4n) is 3.51. The minimum atomic E-state index is -0.858. The lowest BCUT2D eigenvalue weighted by Crippen LogP contribution is -2.17. The lowest BCUT2D eigenvalue weighted by Gasteiger charge is -2.14. The first-order chi connectivity index (χ1) is 11.7. The molecule has 0 saturated carbocycles. The number of benzene rings is 1. The summed E-state index contributed by atoms with van der Waals surface area (Å²) in [6.07, 6.45) is 4.30. The third kappa shape index (κ3) is 2.26. The molecule has 24 heavy (non-hydrogen) atoms. The molecule has 1 aliphatic carbocycles. The second-order valence-electron chi connectivity index (χ2n) is 6.20. The molecule has 0 spiro atoms. The first-order valence-electron chi connectivity index (χ1n) is 8.15. The Kier molecular flexibility index (Phi) is 3.70. The Morgan fingerprint density at radius 3 is 2.92 bits per heavy atom. The van der Waals surface area contributed by atoms with Crippen molar-refractivity contribution in [2.75, 3.05) is 0 Å². The van der Waals surface area contributed by atoms with Crippen LogP contribution in [0.3, 0.4) is 0 Å². The molecule has 0 aliphatic heterocycles. The standard InChI is InChI=1S/C19H17N3OS/c1-22-16-8-4-3-7-15(16)21-19(22)13(10-20)18(23)14-11-24-17-9-5-2-6-12(14)17/h3-4,7-8,11,13H,2,5-6,9H2,1H3. The summed E-state index contributed by atoms with van der Waals surface area (Å²) in [5.74, 6) is -0.446. The number of aryl methyl sites for hydroxylation is 2. The Morgan fingerprint density at radius 1 is 1.33 bits per heavy atom. The number of thiophene rings is 1. The normalized spacial score (nSPS) is 15.0. The topological polar surface area (TPSA) is 58.7 Å². The Labute approximate surface area is 144 Å². The van der Waals surface area contributed by atoms with Gasteiger partial charge < -0.3 is 4.57 Å². The highest BCUT2D eigenvalue weighted by molar-refractivity contribution is 7.10. The summed E-state index contributed by atoms with van der Waals surface area (Å²) in [7, 11) is 1.87. The largest absolute Gasteiger partial charge is 0.330 e. The van der Waals surface area contributed by atoms with Gasteiger partial charge in [-0.15, -0.1) is 11.3 Å². The minimum absolute atomic E-state index is 0.115. The van der Waals surface area contributed by atoms with Gasteiger partial charge in [-0.3, -0.25) is 4.79 Å². The summed E-state index contributed by atoms with van der Waals surface area (Å²) in [4.78, 5) is 18.9. The molecule has 4 rings (SSSR count). The fourth-order valence-corrected chi connectivity index (χ4v) is 4.65. The lowest BCUT2D eigenvalue weighted by molar-refractivity contribution is 0.0974. The molecule has 4 nitrogen and oxygen atoms in total. The summed E-state index contributed by atoms with van der Waals surface area (Å²) in [5, 5.41) is 11.6. The zero-order valence-corrected chi connectivity index (χ0v) is 14.3. The Hall–Kier alpha value is -2.45. The van der Waals surface area contributed by atoms with Crippen molar-refractivity contribution >= 4 is 28.2 Å². The zero-order valence-electron chi connectivity index (χ0n) is 13.5. The van der Waals surface area contributed by atoms with E-state index >= 15 is 0 Å². The van der Waals surface area contributed by atoms with Crippen molar-refractivity contribution in [3.63, 3.8) is 0 Å². The molecule has 0 amide bonds. The smallest absolute Gasteiger partial charge is 0.188 e. The molecule has 3 aromatic rings. The van der Waals surface area contributed by atoms with Crippen LogP contribution >= 0.6 is 11.3 Å². The number of aromatic nitrogens is 2. The van der Waals surface area contributed by atoms with Crippen LogP contribution < -0.4 is 0 Å². The number of carbonyl (C=O) groups excluding carboxylic acids is 1. The number of para-hydroxylation sites is 2. The number of hydrogen-bond acceptors (Lipinski definition) is 4. The van der Waals surface area contributed by atoms with Crippen molar-refractivity contribution in [3.8, 4) is 6.07 Å². The van der Waals surface area contributed by atoms with Crippen LogP contribution in [0.4, 0.5) is 0 Å². The van der Waals surface area contributed by atoms with Gasteiger partial charge in [-0.1, -0.05) is 12.1 Å². The highest BCUT2D eigenvalue weighted by atomic mass is 32.1. The number of imidazole rings is 1. The molecule has 120 valence electrons. The van der Waals surface area contributed by atoms with Crippen molar-refractivity contribution in [2.24, 2.45) is 7.05 Å². The molecule has 0 bridgehead atoms. The third-order valence-electron chi connectivity index (χ3n) is 4.80. The molecule has 2 heterocycles. The first-order valence-corrected chi connectivity index (χ1v) is 9.03. The van der Waals surface area contributed by atoms with Gasteiger partial charge >= 0.3 is 0 Å². The van der Waals surface area contributed by atoms with Gasteiger partial charge in [0.05, 0.1) is 17.1 Å². The van der Waals surface area contributed by atoms with Crippen molar-refractivity contribution < 1.29 is 4.79 Å².